The summed E-state index contributed by atoms with van der Waals surface area (Å²) in [5.41, 5.74) is 0.725. The van der Waals surface area contributed by atoms with E-state index in [2.05, 4.69) is 30.2 Å². The van der Waals surface area contributed by atoms with Crippen LogP contribution in [-0.2, 0) is 7.05 Å². The van der Waals surface area contributed by atoms with E-state index in [1.54, 1.807) is 17.9 Å². The topological polar surface area (TPSA) is 72.6 Å². The summed E-state index contributed by atoms with van der Waals surface area (Å²) in [7, 11) is 1.79. The summed E-state index contributed by atoms with van der Waals surface area (Å²) in [6.07, 6.45) is 5.19. The number of hydrogen-bond acceptors (Lipinski definition) is 6. The molecule has 8 heteroatoms. The molecule has 0 saturated carbocycles. The predicted molar refractivity (Wildman–Crippen MR) is 70.9 cm³/mol. The molecule has 0 N–H and O–H groups in total. The van der Waals surface area contributed by atoms with Crippen molar-refractivity contribution in [3.8, 4) is 11.5 Å². The summed E-state index contributed by atoms with van der Waals surface area (Å²) in [5, 5.41) is 7.90. The second-order valence-electron chi connectivity index (χ2n) is 4.52. The third-order valence-electron chi connectivity index (χ3n) is 3.18. The molecule has 0 bridgehead atoms. The average Bonchev–Trinajstić information content (AvgIpc) is 2.85. The molecule has 19 heavy (non-hydrogen) atoms. The molecule has 7 nitrogen and oxygen atoms in total. The summed E-state index contributed by atoms with van der Waals surface area (Å²) in [5.74, 6) is 1.14. The first-order valence-electron chi connectivity index (χ1n) is 6.25. The zero-order chi connectivity index (χ0) is 13.2. The third-order valence-corrected chi connectivity index (χ3v) is 3.35. The lowest BCUT2D eigenvalue weighted by atomic mass is 10.1. The Labute approximate surface area is 115 Å². The molecule has 0 aromatic carbocycles. The van der Waals surface area contributed by atoms with Crippen molar-refractivity contribution in [1.82, 2.24) is 29.9 Å². The minimum Gasteiger partial charge on any atom is -0.341 e. The standard InChI is InChI=1S/C11H14ClN7/c1-18-8(7-13-17-18)9-14-10(12)16-11(15-9)19-5-3-2-4-6-19/h7H,2-6H2,1H3. The van der Waals surface area contributed by atoms with Gasteiger partial charge in [-0.15, -0.1) is 5.10 Å². The summed E-state index contributed by atoms with van der Waals surface area (Å²) in [6, 6.07) is 0. The zero-order valence-corrected chi connectivity index (χ0v) is 11.4. The first kappa shape index (κ1) is 12.3. The van der Waals surface area contributed by atoms with Crippen LogP contribution in [0.3, 0.4) is 0 Å². The normalized spacial score (nSPS) is 15.8. The van der Waals surface area contributed by atoms with Crippen molar-refractivity contribution < 1.29 is 0 Å². The van der Waals surface area contributed by atoms with Crippen molar-refractivity contribution in [3.63, 3.8) is 0 Å². The molecule has 1 aliphatic heterocycles. The number of anilines is 1. The quantitative estimate of drug-likeness (QED) is 0.825. The first-order valence-corrected chi connectivity index (χ1v) is 6.63. The van der Waals surface area contributed by atoms with Crippen molar-refractivity contribution >= 4 is 17.5 Å². The molecule has 0 aliphatic carbocycles. The molecule has 1 fully saturated rings. The van der Waals surface area contributed by atoms with Crippen molar-refractivity contribution in [2.75, 3.05) is 18.0 Å². The fourth-order valence-electron chi connectivity index (χ4n) is 2.18. The number of rotatable bonds is 2. The van der Waals surface area contributed by atoms with Crippen molar-refractivity contribution in [2.24, 2.45) is 7.05 Å². The Morgan fingerprint density at radius 1 is 1.11 bits per heavy atom. The van der Waals surface area contributed by atoms with Crippen molar-refractivity contribution in [2.45, 2.75) is 19.3 Å². The van der Waals surface area contributed by atoms with Crippen LogP contribution in [0.25, 0.3) is 11.5 Å². The van der Waals surface area contributed by atoms with Gasteiger partial charge >= 0.3 is 0 Å². The van der Waals surface area contributed by atoms with Gasteiger partial charge in [-0.05, 0) is 30.9 Å². The van der Waals surface area contributed by atoms with E-state index < -0.39 is 0 Å². The molecule has 1 aliphatic rings. The molecule has 100 valence electrons. The predicted octanol–water partition coefficient (Wildman–Crippen LogP) is 1.31. The maximum atomic E-state index is 6.00. The highest BCUT2D eigenvalue weighted by Gasteiger charge is 2.17. The summed E-state index contributed by atoms with van der Waals surface area (Å²) in [4.78, 5) is 15.0. The highest BCUT2D eigenvalue weighted by Crippen LogP contribution is 2.20. The third kappa shape index (κ3) is 2.51. The molecule has 0 spiro atoms. The molecule has 3 heterocycles. The average molecular weight is 280 g/mol. The molecule has 2 aromatic rings. The monoisotopic (exact) mass is 279 g/mol. The van der Waals surface area contributed by atoms with Crippen LogP contribution in [0.4, 0.5) is 5.95 Å². The maximum absolute atomic E-state index is 6.00. The fourth-order valence-corrected chi connectivity index (χ4v) is 2.34. The molecule has 3 rings (SSSR count). The molecule has 0 atom stereocenters. The minimum absolute atomic E-state index is 0.201. The van der Waals surface area contributed by atoms with E-state index in [0.717, 1.165) is 31.6 Å². The van der Waals surface area contributed by atoms with Crippen molar-refractivity contribution in [3.05, 3.63) is 11.5 Å². The number of halogens is 1. The smallest absolute Gasteiger partial charge is 0.230 e. The van der Waals surface area contributed by atoms with E-state index >= 15 is 0 Å². The summed E-state index contributed by atoms with van der Waals surface area (Å²) >= 11 is 6.00. The molecule has 0 amide bonds. The highest BCUT2D eigenvalue weighted by molar-refractivity contribution is 6.28. The van der Waals surface area contributed by atoms with Crippen LogP contribution < -0.4 is 4.90 Å². The summed E-state index contributed by atoms with van der Waals surface area (Å²) < 4.78 is 1.62. The van der Waals surface area contributed by atoms with Gasteiger partial charge in [-0.2, -0.15) is 15.0 Å². The Kier molecular flexibility index (Phi) is 3.29. The lowest BCUT2D eigenvalue weighted by molar-refractivity contribution is 0.567. The minimum atomic E-state index is 0.201. The Hall–Kier alpha value is -1.76. The lowest BCUT2D eigenvalue weighted by Crippen LogP contribution is -2.31. The van der Waals surface area contributed by atoms with Gasteiger partial charge in [0.25, 0.3) is 0 Å². The number of aromatic nitrogens is 6. The second kappa shape index (κ2) is 5.08. The van der Waals surface area contributed by atoms with Gasteiger partial charge < -0.3 is 4.90 Å². The van der Waals surface area contributed by atoms with Gasteiger partial charge in [0, 0.05) is 20.1 Å². The SMILES string of the molecule is Cn1nncc1-c1nc(Cl)nc(N2CCCCC2)n1. The molecule has 1 saturated heterocycles. The van der Waals surface area contributed by atoms with E-state index in [0.29, 0.717) is 11.8 Å². The number of hydrogen-bond donors (Lipinski definition) is 0. The van der Waals surface area contributed by atoms with Gasteiger partial charge in [-0.25, -0.2) is 4.68 Å². The van der Waals surface area contributed by atoms with E-state index in [4.69, 9.17) is 11.6 Å². The van der Waals surface area contributed by atoms with Gasteiger partial charge in [0.1, 0.15) is 5.69 Å². The van der Waals surface area contributed by atoms with Crippen LogP contribution in [-0.4, -0.2) is 43.0 Å². The number of nitrogens with zero attached hydrogens (tertiary/aromatic N) is 7. The van der Waals surface area contributed by atoms with E-state index in [1.165, 1.54) is 6.42 Å². The van der Waals surface area contributed by atoms with Gasteiger partial charge in [0.2, 0.25) is 11.2 Å². The second-order valence-corrected chi connectivity index (χ2v) is 4.86. The largest absolute Gasteiger partial charge is 0.341 e. The number of piperidine rings is 1. The zero-order valence-electron chi connectivity index (χ0n) is 10.6. The van der Waals surface area contributed by atoms with Gasteiger partial charge in [0.05, 0.1) is 6.20 Å². The molecule has 0 unspecified atom stereocenters. The maximum Gasteiger partial charge on any atom is 0.230 e. The van der Waals surface area contributed by atoms with Crippen LogP contribution >= 0.6 is 11.6 Å². The Balaban J connectivity index is 1.98. The van der Waals surface area contributed by atoms with Crippen LogP contribution in [0.1, 0.15) is 19.3 Å². The van der Waals surface area contributed by atoms with Crippen LogP contribution in [0.2, 0.25) is 5.28 Å². The lowest BCUT2D eigenvalue weighted by Gasteiger charge is -2.26. The van der Waals surface area contributed by atoms with Crippen LogP contribution in [0, 0.1) is 0 Å². The van der Waals surface area contributed by atoms with E-state index in [-0.39, 0.29) is 5.28 Å². The molecular weight excluding hydrogens is 266 g/mol. The highest BCUT2D eigenvalue weighted by atomic mass is 35.5. The fraction of sp³-hybridized carbons (Fsp3) is 0.545. The molecular formula is C11H14ClN7. The Morgan fingerprint density at radius 2 is 1.89 bits per heavy atom. The number of aryl methyl sites for hydroxylation is 1. The Morgan fingerprint density at radius 3 is 2.58 bits per heavy atom. The van der Waals surface area contributed by atoms with Gasteiger partial charge in [-0.3, -0.25) is 0 Å². The Bertz CT molecular complexity index is 576. The van der Waals surface area contributed by atoms with Crippen molar-refractivity contribution in [1.29, 1.82) is 0 Å². The van der Waals surface area contributed by atoms with Gasteiger partial charge in [-0.1, -0.05) is 5.21 Å². The van der Waals surface area contributed by atoms with Crippen LogP contribution in [0.15, 0.2) is 6.20 Å². The van der Waals surface area contributed by atoms with E-state index in [1.807, 2.05) is 0 Å². The van der Waals surface area contributed by atoms with Crippen LogP contribution in [0.5, 0.6) is 0 Å². The molecule has 2 aromatic heterocycles. The van der Waals surface area contributed by atoms with E-state index in [9.17, 15) is 0 Å². The van der Waals surface area contributed by atoms with Gasteiger partial charge in [0.15, 0.2) is 5.82 Å². The molecule has 0 radical (unpaired) electrons. The first-order chi connectivity index (χ1) is 9.24. The summed E-state index contributed by atoms with van der Waals surface area (Å²) in [6.45, 7) is 1.92.